The van der Waals surface area contributed by atoms with Gasteiger partial charge in [-0.1, -0.05) is 17.6 Å². The van der Waals surface area contributed by atoms with Crippen molar-refractivity contribution in [1.29, 1.82) is 5.26 Å². The minimum absolute atomic E-state index is 0.00258. The first-order valence-electron chi connectivity index (χ1n) is 14.3. The Morgan fingerprint density at radius 2 is 2.37 bits per heavy atom. The molecule has 1 aliphatic heterocycles. The summed E-state index contributed by atoms with van der Waals surface area (Å²) in [5.74, 6) is -2.06. The van der Waals surface area contributed by atoms with Crippen LogP contribution in [-0.4, -0.2) is 33.9 Å². The number of anilines is 1. The largest absolute Gasteiger partial charge is 0.367 e. The van der Waals surface area contributed by atoms with Crippen molar-refractivity contribution in [2.24, 2.45) is 0 Å². The molecule has 5 nitrogen and oxygen atoms in total. The van der Waals surface area contributed by atoms with Gasteiger partial charge in [0, 0.05) is 37.9 Å². The third-order valence-electron chi connectivity index (χ3n) is 3.23. The number of piperidine rings is 1. The smallest absolute Gasteiger partial charge is 0.162 e. The van der Waals surface area contributed by atoms with E-state index in [9.17, 15) is 9.65 Å². The van der Waals surface area contributed by atoms with Gasteiger partial charge >= 0.3 is 0 Å². The number of nitrogens with one attached hydrogen (secondary N) is 1. The molecule has 0 aliphatic carbocycles. The summed E-state index contributed by atoms with van der Waals surface area (Å²) < 4.78 is 134. The molecule has 1 atom stereocenters. The topological polar surface area (TPSA) is 64.8 Å². The van der Waals surface area contributed by atoms with Crippen molar-refractivity contribution in [3.63, 3.8) is 0 Å². The van der Waals surface area contributed by atoms with Crippen molar-refractivity contribution >= 4 is 39.0 Å². The van der Waals surface area contributed by atoms with Crippen LogP contribution in [0.3, 0.4) is 0 Å². The molecule has 2 aromatic heterocycles. The standard InChI is InChI=1S/C19H17ClFN5S/c20-17-8-15-18(23-11-24-19(15)27-17)25-14-3-5-26(6-4-14)10-12-1-2-16(21)13(7-12)9-22/h1-2,7-8,11,14H,3-6,10H2,(H,23,24,25)/i1D,3D2,4D2,5D2,6D2,7D,8D,10D,14D/hD. The van der Waals surface area contributed by atoms with Gasteiger partial charge in [0.1, 0.15) is 28.9 Å². The second-order valence-electron chi connectivity index (χ2n) is 4.97. The summed E-state index contributed by atoms with van der Waals surface area (Å²) in [6.07, 6.45) is -6.99. The van der Waals surface area contributed by atoms with Gasteiger partial charge in [-0.2, -0.15) is 5.26 Å². The Balaban J connectivity index is 1.99. The normalized spacial score (nSPS) is 33.1. The summed E-state index contributed by atoms with van der Waals surface area (Å²) in [5.41, 5.74) is -1.88. The number of benzene rings is 1. The first kappa shape index (κ1) is 8.00. The fourth-order valence-corrected chi connectivity index (χ4v) is 3.06. The Bertz CT molecular complexity index is 1580. The van der Waals surface area contributed by atoms with E-state index in [2.05, 4.69) is 9.97 Å². The van der Waals surface area contributed by atoms with Gasteiger partial charge < -0.3 is 5.31 Å². The van der Waals surface area contributed by atoms with Crippen molar-refractivity contribution < 1.29 is 23.6 Å². The first-order valence-corrected chi connectivity index (χ1v) is 8.44. The van der Waals surface area contributed by atoms with Crippen LogP contribution in [0.15, 0.2) is 30.5 Å². The molecule has 138 valence electrons. The molecule has 1 aliphatic rings. The highest BCUT2D eigenvalue weighted by molar-refractivity contribution is 7.22. The second-order valence-corrected chi connectivity index (χ2v) is 6.57. The summed E-state index contributed by atoms with van der Waals surface area (Å²) in [4.78, 5) is 7.38. The number of fused-ring (bicyclic) bond motifs is 1. The van der Waals surface area contributed by atoms with Crippen molar-refractivity contribution in [1.82, 2.24) is 14.9 Å². The van der Waals surface area contributed by atoms with E-state index in [0.717, 1.165) is 17.7 Å². The summed E-state index contributed by atoms with van der Waals surface area (Å²) in [6.45, 7) is -10.3. The van der Waals surface area contributed by atoms with E-state index in [-0.39, 0.29) is 24.8 Å². The molecule has 0 saturated carbocycles. The zero-order valence-electron chi connectivity index (χ0n) is 27.1. The lowest BCUT2D eigenvalue weighted by Crippen LogP contribution is -2.38. The molecule has 3 aromatic rings. The van der Waals surface area contributed by atoms with Crippen molar-refractivity contribution in [2.75, 3.05) is 18.3 Å². The van der Waals surface area contributed by atoms with Gasteiger partial charge in [-0.05, 0) is 36.5 Å². The van der Waals surface area contributed by atoms with Crippen LogP contribution in [-0.2, 0) is 6.52 Å². The number of hydrogen-bond donors (Lipinski definition) is 1. The number of rotatable bonds is 4. The lowest BCUT2D eigenvalue weighted by atomic mass is 10.0. The minimum Gasteiger partial charge on any atom is -0.367 e. The predicted octanol–water partition coefficient (Wildman–Crippen LogP) is 4.43. The molecule has 1 aromatic carbocycles. The Hall–Kier alpha value is -2.27. The zero-order chi connectivity index (χ0) is 31.2. The molecule has 27 heavy (non-hydrogen) atoms. The monoisotopic (exact) mass is 415 g/mol. The van der Waals surface area contributed by atoms with Gasteiger partial charge in [-0.25, -0.2) is 14.4 Å². The van der Waals surface area contributed by atoms with E-state index in [1.165, 1.54) is 6.07 Å². The fourth-order valence-electron chi connectivity index (χ4n) is 2.08. The molecule has 1 fully saturated rings. The Kier molecular flexibility index (Phi) is 2.30. The first-order chi connectivity index (χ1) is 18.6. The highest BCUT2D eigenvalue weighted by atomic mass is 35.5. The number of thiophene rings is 1. The number of hydrogen-bond acceptors (Lipinski definition) is 6. The maximum atomic E-state index is 14.2. The summed E-state index contributed by atoms with van der Waals surface area (Å²) in [7, 11) is 0. The average Bonchev–Trinajstić information content (AvgIpc) is 3.15. The lowest BCUT2D eigenvalue weighted by Gasteiger charge is -2.32. The molecule has 3 heterocycles. The van der Waals surface area contributed by atoms with Crippen molar-refractivity contribution in [2.45, 2.75) is 25.3 Å². The Morgan fingerprint density at radius 3 is 3.15 bits per heavy atom. The number of halogens is 2. The number of nitriles is 1. The van der Waals surface area contributed by atoms with Gasteiger partial charge in [0.25, 0.3) is 0 Å². The molecule has 0 bridgehead atoms. The highest BCUT2D eigenvalue weighted by Crippen LogP contribution is 2.32. The summed E-state index contributed by atoms with van der Waals surface area (Å²) in [5, 5.41) is 8.72. The SMILES string of the molecule is [2H]c1cc(F)c(C#N)c([2H])c1C([2H])N1C([2H])([2H])C([2H])([2H])C([2H])(N([2H])c2ncnc3sc(Cl)c([2H])c23)C([2H])([2H])C1([2H])[2H]. The molecule has 0 spiro atoms. The summed E-state index contributed by atoms with van der Waals surface area (Å²) in [6, 6.07) is -4.53. The summed E-state index contributed by atoms with van der Waals surface area (Å²) >= 11 is 6.75. The lowest BCUT2D eigenvalue weighted by molar-refractivity contribution is 0.211. The maximum absolute atomic E-state index is 14.2. The quantitative estimate of drug-likeness (QED) is 0.682. The molecule has 0 radical (unpaired) electrons. The van der Waals surface area contributed by atoms with Gasteiger partial charge in [0.05, 0.1) is 20.8 Å². The average molecular weight is 416 g/mol. The van der Waals surface area contributed by atoms with Gasteiger partial charge in [0.2, 0.25) is 0 Å². The van der Waals surface area contributed by atoms with E-state index in [0.29, 0.717) is 6.07 Å². The van der Waals surface area contributed by atoms with E-state index >= 15 is 0 Å². The van der Waals surface area contributed by atoms with Crippen LogP contribution in [0, 0.1) is 17.1 Å². The van der Waals surface area contributed by atoms with E-state index in [4.69, 9.17) is 30.8 Å². The number of nitrogens with zero attached hydrogens (tertiary/aromatic N) is 4. The maximum Gasteiger partial charge on any atom is 0.162 e. The molecule has 1 unspecified atom stereocenters. The fraction of sp³-hybridized carbons (Fsp3) is 0.316. The Morgan fingerprint density at radius 1 is 1.56 bits per heavy atom. The Labute approximate surface area is 185 Å². The number of aromatic nitrogens is 2. The second kappa shape index (κ2) is 7.77. The zero-order valence-corrected chi connectivity index (χ0v) is 14.7. The third-order valence-corrected chi connectivity index (χ3v) is 4.34. The van der Waals surface area contributed by atoms with E-state index in [1.54, 1.807) is 0 Å². The van der Waals surface area contributed by atoms with Crippen LogP contribution < -0.4 is 5.31 Å². The number of likely N-dealkylation sites (tertiary alicyclic amines) is 1. The van der Waals surface area contributed by atoms with Gasteiger partial charge in [-0.3, -0.25) is 4.90 Å². The molecular weight excluding hydrogens is 385 g/mol. The minimum atomic E-state index is -3.92. The molecule has 1 saturated heterocycles. The third kappa shape index (κ3) is 4.03. The highest BCUT2D eigenvalue weighted by Gasteiger charge is 2.21. The van der Waals surface area contributed by atoms with Crippen molar-refractivity contribution in [3.05, 3.63) is 51.8 Å². The van der Waals surface area contributed by atoms with Crippen LogP contribution in [0.25, 0.3) is 10.2 Å². The van der Waals surface area contributed by atoms with Gasteiger partial charge in [0.15, 0.2) is 1.41 Å². The molecule has 8 heteroatoms. The van der Waals surface area contributed by atoms with Gasteiger partial charge in [-0.15, -0.1) is 11.3 Å². The van der Waals surface area contributed by atoms with Crippen molar-refractivity contribution in [3.8, 4) is 6.07 Å². The molecule has 0 amide bonds. The van der Waals surface area contributed by atoms with Crippen LogP contribution in [0.2, 0.25) is 5.75 Å². The van der Waals surface area contributed by atoms with E-state index < -0.39 is 79.2 Å². The van der Waals surface area contributed by atoms with Crippen LogP contribution in [0.5, 0.6) is 0 Å². The molecular formula is C19H17ClFN5S. The molecule has 1 N–H and O–H groups in total. The predicted molar refractivity (Wildman–Crippen MR) is 105 cm³/mol. The van der Waals surface area contributed by atoms with Crippen LogP contribution in [0.1, 0.15) is 41.7 Å². The van der Waals surface area contributed by atoms with Crippen LogP contribution >= 0.6 is 22.9 Å². The molecule has 4 rings (SSSR count). The van der Waals surface area contributed by atoms with Crippen LogP contribution in [0.4, 0.5) is 10.2 Å². The van der Waals surface area contributed by atoms with E-state index in [1.807, 2.05) is 0 Å².